The molecule has 2 rings (SSSR count). The van der Waals surface area contributed by atoms with Gasteiger partial charge in [-0.15, -0.1) is 0 Å². The largest absolute Gasteiger partial charge is 0.330 e. The molecule has 1 aromatic heterocycles. The van der Waals surface area contributed by atoms with Crippen LogP contribution in [0.25, 0.3) is 10.9 Å². The number of nitrogens with two attached hydrogens (primary N) is 1. The van der Waals surface area contributed by atoms with Gasteiger partial charge in [0.2, 0.25) is 0 Å². The zero-order valence-electron chi connectivity index (χ0n) is 8.28. The summed E-state index contributed by atoms with van der Waals surface area (Å²) in [6.07, 6.45) is 3.29. The first-order valence-corrected chi connectivity index (χ1v) is 4.91. The maximum absolute atomic E-state index is 12.9. The average molecular weight is 205 g/mol. The quantitative estimate of drug-likeness (QED) is 0.829. The average Bonchev–Trinajstić information content (AvgIpc) is 2.26. The van der Waals surface area contributed by atoms with Gasteiger partial charge in [0.15, 0.2) is 0 Å². The van der Waals surface area contributed by atoms with E-state index < -0.39 is 0 Å². The normalized spacial score (nSPS) is 10.8. The van der Waals surface area contributed by atoms with Gasteiger partial charge in [0.25, 0.3) is 0 Å². The molecule has 0 amide bonds. The van der Waals surface area contributed by atoms with Gasteiger partial charge >= 0.3 is 0 Å². The van der Waals surface area contributed by atoms with Crippen LogP contribution in [0.15, 0.2) is 24.4 Å². The van der Waals surface area contributed by atoms with Gasteiger partial charge in [-0.25, -0.2) is 14.4 Å². The summed E-state index contributed by atoms with van der Waals surface area (Å²) in [5, 5.41) is 0.728. The minimum Gasteiger partial charge on any atom is -0.330 e. The molecule has 4 heteroatoms. The van der Waals surface area contributed by atoms with Crippen LogP contribution in [0.1, 0.15) is 12.2 Å². The highest BCUT2D eigenvalue weighted by molar-refractivity contribution is 5.77. The molecule has 2 aromatic rings. The van der Waals surface area contributed by atoms with Crippen molar-refractivity contribution in [3.8, 4) is 0 Å². The van der Waals surface area contributed by atoms with Crippen LogP contribution in [0.2, 0.25) is 0 Å². The molecule has 0 aliphatic carbocycles. The van der Waals surface area contributed by atoms with Crippen molar-refractivity contribution in [1.29, 1.82) is 0 Å². The summed E-state index contributed by atoms with van der Waals surface area (Å²) in [7, 11) is 0. The number of aromatic nitrogens is 2. The number of hydrogen-bond donors (Lipinski definition) is 1. The molecule has 0 bridgehead atoms. The van der Waals surface area contributed by atoms with Crippen LogP contribution < -0.4 is 5.73 Å². The molecule has 78 valence electrons. The highest BCUT2D eigenvalue weighted by Crippen LogP contribution is 2.12. The fraction of sp³-hybridized carbons (Fsp3) is 0.273. The van der Waals surface area contributed by atoms with Gasteiger partial charge in [0.1, 0.15) is 11.6 Å². The summed E-state index contributed by atoms with van der Waals surface area (Å²) < 4.78 is 12.9. The number of nitrogens with zero attached hydrogens (tertiary/aromatic N) is 2. The van der Waals surface area contributed by atoms with Crippen molar-refractivity contribution in [3.63, 3.8) is 0 Å². The number of hydrogen-bond acceptors (Lipinski definition) is 3. The first-order chi connectivity index (χ1) is 7.29. The number of halogens is 1. The molecular formula is C11H12FN3. The van der Waals surface area contributed by atoms with Gasteiger partial charge in [-0.1, -0.05) is 0 Å². The standard InChI is InChI=1S/C11H12FN3/c12-9-3-4-10-8(6-9)7-14-11(15-10)2-1-5-13/h3-4,6-7H,1-2,5,13H2. The predicted octanol–water partition coefficient (Wildman–Crippen LogP) is 1.66. The maximum Gasteiger partial charge on any atom is 0.129 e. The molecule has 0 aliphatic rings. The summed E-state index contributed by atoms with van der Waals surface area (Å²) >= 11 is 0. The van der Waals surface area contributed by atoms with Crippen LogP contribution >= 0.6 is 0 Å². The van der Waals surface area contributed by atoms with Crippen molar-refractivity contribution in [2.75, 3.05) is 6.54 Å². The Labute approximate surface area is 87.2 Å². The zero-order valence-corrected chi connectivity index (χ0v) is 8.28. The molecule has 0 saturated carbocycles. The van der Waals surface area contributed by atoms with Crippen molar-refractivity contribution in [1.82, 2.24) is 9.97 Å². The summed E-state index contributed by atoms with van der Waals surface area (Å²) in [5.41, 5.74) is 6.18. The monoisotopic (exact) mass is 205 g/mol. The molecule has 0 saturated heterocycles. The molecule has 3 nitrogen and oxygen atoms in total. The lowest BCUT2D eigenvalue weighted by atomic mass is 10.2. The van der Waals surface area contributed by atoms with Crippen molar-refractivity contribution in [3.05, 3.63) is 36.0 Å². The van der Waals surface area contributed by atoms with Gasteiger partial charge in [-0.3, -0.25) is 0 Å². The van der Waals surface area contributed by atoms with E-state index in [1.54, 1.807) is 12.3 Å². The van der Waals surface area contributed by atoms with Crippen LogP contribution in [-0.4, -0.2) is 16.5 Å². The molecule has 0 spiro atoms. The van der Waals surface area contributed by atoms with Crippen LogP contribution in [0.3, 0.4) is 0 Å². The molecule has 1 heterocycles. The highest BCUT2D eigenvalue weighted by Gasteiger charge is 2.00. The minimum atomic E-state index is -0.263. The lowest BCUT2D eigenvalue weighted by molar-refractivity contribution is 0.629. The van der Waals surface area contributed by atoms with Crippen molar-refractivity contribution < 1.29 is 4.39 Å². The Balaban J connectivity index is 2.34. The number of rotatable bonds is 3. The molecular weight excluding hydrogens is 193 g/mol. The van der Waals surface area contributed by atoms with Crippen molar-refractivity contribution in [2.24, 2.45) is 5.73 Å². The first-order valence-electron chi connectivity index (χ1n) is 4.91. The summed E-state index contributed by atoms with van der Waals surface area (Å²) in [6.45, 7) is 0.630. The second-order valence-corrected chi connectivity index (χ2v) is 3.38. The second-order valence-electron chi connectivity index (χ2n) is 3.38. The van der Waals surface area contributed by atoms with Crippen molar-refractivity contribution >= 4 is 10.9 Å². The van der Waals surface area contributed by atoms with Crippen molar-refractivity contribution in [2.45, 2.75) is 12.8 Å². The van der Waals surface area contributed by atoms with E-state index in [9.17, 15) is 4.39 Å². The third-order valence-electron chi connectivity index (χ3n) is 2.20. The molecule has 0 fully saturated rings. The Morgan fingerprint density at radius 1 is 1.33 bits per heavy atom. The van der Waals surface area contributed by atoms with E-state index in [2.05, 4.69) is 9.97 Å². The molecule has 1 aromatic carbocycles. The minimum absolute atomic E-state index is 0.263. The third-order valence-corrected chi connectivity index (χ3v) is 2.20. The lowest BCUT2D eigenvalue weighted by Gasteiger charge is -2.01. The van der Waals surface area contributed by atoms with Gasteiger partial charge in [0.05, 0.1) is 5.52 Å². The van der Waals surface area contributed by atoms with E-state index in [0.29, 0.717) is 6.54 Å². The van der Waals surface area contributed by atoms with E-state index in [1.807, 2.05) is 0 Å². The van der Waals surface area contributed by atoms with Gasteiger partial charge < -0.3 is 5.73 Å². The number of benzene rings is 1. The van der Waals surface area contributed by atoms with E-state index in [-0.39, 0.29) is 5.82 Å². The summed E-state index contributed by atoms with van der Waals surface area (Å²) in [6, 6.07) is 4.50. The molecule has 2 N–H and O–H groups in total. The maximum atomic E-state index is 12.9. The van der Waals surface area contributed by atoms with Crippen LogP contribution in [-0.2, 0) is 6.42 Å². The molecule has 15 heavy (non-hydrogen) atoms. The first kappa shape index (κ1) is 9.98. The topological polar surface area (TPSA) is 51.8 Å². The fourth-order valence-corrected chi connectivity index (χ4v) is 1.42. The summed E-state index contributed by atoms with van der Waals surface area (Å²) in [4.78, 5) is 8.47. The smallest absolute Gasteiger partial charge is 0.129 e. The molecule has 0 radical (unpaired) electrons. The fourth-order valence-electron chi connectivity index (χ4n) is 1.42. The van der Waals surface area contributed by atoms with Crippen LogP contribution in [0, 0.1) is 5.82 Å². The van der Waals surface area contributed by atoms with Crippen LogP contribution in [0.4, 0.5) is 4.39 Å². The van der Waals surface area contributed by atoms with Crippen LogP contribution in [0.5, 0.6) is 0 Å². The number of aryl methyl sites for hydroxylation is 1. The highest BCUT2D eigenvalue weighted by atomic mass is 19.1. The lowest BCUT2D eigenvalue weighted by Crippen LogP contribution is -2.03. The second kappa shape index (κ2) is 4.31. The molecule has 0 aliphatic heterocycles. The SMILES string of the molecule is NCCCc1ncc2cc(F)ccc2n1. The Kier molecular flexibility index (Phi) is 2.87. The molecule has 0 unspecified atom stereocenters. The molecule has 0 atom stereocenters. The van der Waals surface area contributed by atoms with E-state index in [0.717, 1.165) is 29.6 Å². The Hall–Kier alpha value is -1.55. The zero-order chi connectivity index (χ0) is 10.7. The Morgan fingerprint density at radius 3 is 3.00 bits per heavy atom. The third kappa shape index (κ3) is 2.27. The van der Waals surface area contributed by atoms with E-state index in [1.165, 1.54) is 12.1 Å². The number of fused-ring (bicyclic) bond motifs is 1. The Morgan fingerprint density at radius 2 is 2.20 bits per heavy atom. The van der Waals surface area contributed by atoms with Gasteiger partial charge in [-0.2, -0.15) is 0 Å². The Bertz CT molecular complexity index is 470. The van der Waals surface area contributed by atoms with Gasteiger partial charge in [0, 0.05) is 18.0 Å². The van der Waals surface area contributed by atoms with E-state index >= 15 is 0 Å². The van der Waals surface area contributed by atoms with Gasteiger partial charge in [-0.05, 0) is 31.2 Å². The van der Waals surface area contributed by atoms with E-state index in [4.69, 9.17) is 5.73 Å². The predicted molar refractivity (Wildman–Crippen MR) is 56.9 cm³/mol. The summed E-state index contributed by atoms with van der Waals surface area (Å²) in [5.74, 6) is 0.500.